The summed E-state index contributed by atoms with van der Waals surface area (Å²) in [6.45, 7) is 2.86. The number of hydrogen-bond acceptors (Lipinski definition) is 6. The Labute approximate surface area is 166 Å². The number of aliphatic hydroxyl groups is 1. The van der Waals surface area contributed by atoms with Crippen LogP contribution in [0.25, 0.3) is 0 Å². The fourth-order valence-corrected chi connectivity index (χ4v) is 4.05. The van der Waals surface area contributed by atoms with E-state index in [1.54, 1.807) is 0 Å². The van der Waals surface area contributed by atoms with Crippen molar-refractivity contribution in [1.29, 1.82) is 0 Å². The molecule has 2 fully saturated rings. The van der Waals surface area contributed by atoms with Gasteiger partial charge >= 0.3 is 0 Å². The van der Waals surface area contributed by atoms with Crippen molar-refractivity contribution in [2.45, 2.75) is 62.8 Å². The molecule has 1 saturated heterocycles. The molecule has 0 spiro atoms. The monoisotopic (exact) mass is 395 g/mol. The number of hydrogen-bond donors (Lipinski definition) is 3. The highest BCUT2D eigenvalue weighted by Crippen LogP contribution is 2.19. The van der Waals surface area contributed by atoms with Crippen molar-refractivity contribution in [3.63, 3.8) is 0 Å². The summed E-state index contributed by atoms with van der Waals surface area (Å²) in [5.74, 6) is -0.125. The molecule has 2 amide bonds. The van der Waals surface area contributed by atoms with E-state index in [1.807, 2.05) is 17.1 Å². The molecule has 3 rings (SSSR count). The van der Waals surface area contributed by atoms with Crippen LogP contribution in [0.3, 0.4) is 0 Å². The highest BCUT2D eigenvalue weighted by molar-refractivity contribution is 5.79. The van der Waals surface area contributed by atoms with Gasteiger partial charge in [-0.2, -0.15) is 0 Å². The molecule has 8 nitrogen and oxygen atoms in total. The molecule has 2 heterocycles. The van der Waals surface area contributed by atoms with Crippen LogP contribution in [0, 0.1) is 0 Å². The van der Waals surface area contributed by atoms with Crippen LogP contribution in [0.2, 0.25) is 0 Å². The van der Waals surface area contributed by atoms with Crippen LogP contribution in [0.1, 0.15) is 38.5 Å². The minimum absolute atomic E-state index is 0.0203. The minimum Gasteiger partial charge on any atom is -0.394 e. The van der Waals surface area contributed by atoms with Crippen molar-refractivity contribution in [3.8, 4) is 0 Å². The predicted octanol–water partition coefficient (Wildman–Crippen LogP) is -0.0417. The number of amides is 2. The van der Waals surface area contributed by atoms with Crippen LogP contribution in [0.5, 0.6) is 0 Å². The average Bonchev–Trinajstić information content (AvgIpc) is 2.70. The second kappa shape index (κ2) is 10.9. The molecule has 3 N–H and O–H groups in total. The Hall–Kier alpha value is -1.48. The third-order valence-corrected chi connectivity index (χ3v) is 5.62. The molecule has 0 aromatic carbocycles. The zero-order chi connectivity index (χ0) is 19.8. The van der Waals surface area contributed by atoms with Gasteiger partial charge in [-0.1, -0.05) is 31.4 Å². The van der Waals surface area contributed by atoms with E-state index in [0.717, 1.165) is 25.9 Å². The summed E-state index contributed by atoms with van der Waals surface area (Å²) in [6, 6.07) is -0.120. The van der Waals surface area contributed by atoms with Gasteiger partial charge in [-0.3, -0.25) is 14.5 Å². The summed E-state index contributed by atoms with van der Waals surface area (Å²) in [7, 11) is 0. The summed E-state index contributed by atoms with van der Waals surface area (Å²) in [5, 5.41) is 15.7. The van der Waals surface area contributed by atoms with Gasteiger partial charge in [0.15, 0.2) is 0 Å². The molecule has 1 aliphatic carbocycles. The Morgan fingerprint density at radius 1 is 1.04 bits per heavy atom. The predicted molar refractivity (Wildman–Crippen MR) is 104 cm³/mol. The fraction of sp³-hybridized carbons (Fsp3) is 0.800. The molecule has 28 heavy (non-hydrogen) atoms. The zero-order valence-electron chi connectivity index (χ0n) is 16.5. The Kier molecular flexibility index (Phi) is 8.27. The van der Waals surface area contributed by atoms with E-state index in [1.165, 1.54) is 19.3 Å². The zero-order valence-corrected chi connectivity index (χ0v) is 16.5. The molecule has 0 unspecified atom stereocenters. The normalized spacial score (nSPS) is 29.4. The Bertz CT molecular complexity index is 544. The molecule has 0 bridgehead atoms. The SMILES string of the molecule is O=C(C[C@H]1C=C[C@@H](NC(=O)CN2CCOCC2)[C@@H](CO)O1)NC1CCCCC1. The number of rotatable bonds is 7. The number of nitrogens with one attached hydrogen (secondary N) is 2. The summed E-state index contributed by atoms with van der Waals surface area (Å²) in [6.07, 6.45) is 8.63. The van der Waals surface area contributed by atoms with Gasteiger partial charge < -0.3 is 25.2 Å². The lowest BCUT2D eigenvalue weighted by Crippen LogP contribution is -2.52. The number of carbonyl (C=O) groups excluding carboxylic acids is 2. The van der Waals surface area contributed by atoms with E-state index in [9.17, 15) is 14.7 Å². The van der Waals surface area contributed by atoms with Crippen molar-refractivity contribution in [1.82, 2.24) is 15.5 Å². The second-order valence-corrected chi connectivity index (χ2v) is 7.87. The molecule has 0 aromatic rings. The molecule has 0 radical (unpaired) electrons. The van der Waals surface area contributed by atoms with Crippen molar-refractivity contribution >= 4 is 11.8 Å². The number of nitrogens with zero attached hydrogens (tertiary/aromatic N) is 1. The molecule has 2 aliphatic heterocycles. The van der Waals surface area contributed by atoms with E-state index in [-0.39, 0.29) is 37.0 Å². The lowest BCUT2D eigenvalue weighted by atomic mass is 9.95. The molecule has 1 saturated carbocycles. The number of morpholine rings is 1. The highest BCUT2D eigenvalue weighted by atomic mass is 16.5. The average molecular weight is 396 g/mol. The quantitative estimate of drug-likeness (QED) is 0.523. The maximum absolute atomic E-state index is 12.3. The van der Waals surface area contributed by atoms with E-state index >= 15 is 0 Å². The van der Waals surface area contributed by atoms with Gasteiger partial charge in [0, 0.05) is 19.1 Å². The van der Waals surface area contributed by atoms with E-state index in [4.69, 9.17) is 9.47 Å². The first-order chi connectivity index (χ1) is 13.6. The molecule has 158 valence electrons. The van der Waals surface area contributed by atoms with Crippen molar-refractivity contribution in [3.05, 3.63) is 12.2 Å². The van der Waals surface area contributed by atoms with Gasteiger partial charge in [-0.05, 0) is 12.8 Å². The van der Waals surface area contributed by atoms with Crippen molar-refractivity contribution in [2.75, 3.05) is 39.5 Å². The van der Waals surface area contributed by atoms with Crippen LogP contribution in [-0.2, 0) is 19.1 Å². The van der Waals surface area contributed by atoms with Crippen molar-refractivity contribution in [2.24, 2.45) is 0 Å². The number of carbonyl (C=O) groups is 2. The number of aliphatic hydroxyl groups excluding tert-OH is 1. The van der Waals surface area contributed by atoms with Gasteiger partial charge in [-0.15, -0.1) is 0 Å². The molecule has 8 heteroatoms. The lowest BCUT2D eigenvalue weighted by molar-refractivity contribution is -0.129. The van der Waals surface area contributed by atoms with Gasteiger partial charge in [0.25, 0.3) is 0 Å². The Balaban J connectivity index is 1.44. The molecule has 3 atom stereocenters. The second-order valence-electron chi connectivity index (χ2n) is 7.87. The van der Waals surface area contributed by atoms with E-state index in [0.29, 0.717) is 19.8 Å². The Morgan fingerprint density at radius 3 is 2.50 bits per heavy atom. The summed E-state index contributed by atoms with van der Waals surface area (Å²) in [5.41, 5.74) is 0. The largest absolute Gasteiger partial charge is 0.394 e. The highest BCUT2D eigenvalue weighted by Gasteiger charge is 2.30. The molecular weight excluding hydrogens is 362 g/mol. The first kappa shape index (κ1) is 21.2. The van der Waals surface area contributed by atoms with Crippen LogP contribution >= 0.6 is 0 Å². The van der Waals surface area contributed by atoms with E-state index < -0.39 is 12.1 Å². The lowest BCUT2D eigenvalue weighted by Gasteiger charge is -2.33. The van der Waals surface area contributed by atoms with Gasteiger partial charge in [0.05, 0.1) is 44.9 Å². The standard InChI is InChI=1S/C20H33N3O5/c24-14-18-17(22-20(26)13-23-8-10-27-11-9-23)7-6-16(28-18)12-19(25)21-15-4-2-1-3-5-15/h6-7,15-18,24H,1-5,8-14H2,(H,21,25)(H,22,26)/t16-,17-,18-/m1/s1. The third kappa shape index (κ3) is 6.55. The third-order valence-electron chi connectivity index (χ3n) is 5.62. The maximum Gasteiger partial charge on any atom is 0.234 e. The summed E-state index contributed by atoms with van der Waals surface area (Å²) in [4.78, 5) is 26.6. The first-order valence-electron chi connectivity index (χ1n) is 10.5. The van der Waals surface area contributed by atoms with Crippen LogP contribution in [-0.4, -0.2) is 85.6 Å². The molecular formula is C20H33N3O5. The summed E-state index contributed by atoms with van der Waals surface area (Å²) >= 11 is 0. The number of ether oxygens (including phenoxy) is 2. The van der Waals surface area contributed by atoms with Crippen LogP contribution < -0.4 is 10.6 Å². The smallest absolute Gasteiger partial charge is 0.234 e. The topological polar surface area (TPSA) is 100 Å². The van der Waals surface area contributed by atoms with Gasteiger partial charge in [0.2, 0.25) is 11.8 Å². The van der Waals surface area contributed by atoms with Crippen LogP contribution in [0.4, 0.5) is 0 Å². The van der Waals surface area contributed by atoms with Crippen molar-refractivity contribution < 1.29 is 24.2 Å². The summed E-state index contributed by atoms with van der Waals surface area (Å²) < 4.78 is 11.1. The maximum atomic E-state index is 12.3. The van der Waals surface area contributed by atoms with Gasteiger partial charge in [0.1, 0.15) is 6.10 Å². The van der Waals surface area contributed by atoms with Gasteiger partial charge in [-0.25, -0.2) is 0 Å². The Morgan fingerprint density at radius 2 is 1.79 bits per heavy atom. The van der Waals surface area contributed by atoms with E-state index in [2.05, 4.69) is 10.6 Å². The fourth-order valence-electron chi connectivity index (χ4n) is 4.05. The molecule has 0 aromatic heterocycles. The first-order valence-corrected chi connectivity index (χ1v) is 10.5. The van der Waals surface area contributed by atoms with Crippen LogP contribution in [0.15, 0.2) is 12.2 Å². The minimum atomic E-state index is -0.550. The molecule has 3 aliphatic rings.